The molecule has 3 heteroatoms. The highest BCUT2D eigenvalue weighted by atomic mass is 16.3. The van der Waals surface area contributed by atoms with Crippen LogP contribution >= 0.6 is 0 Å². The molecule has 0 aromatic rings. The zero-order valence-electron chi connectivity index (χ0n) is 9.91. The number of aliphatic hydroxyl groups excluding tert-OH is 1. The van der Waals surface area contributed by atoms with Crippen molar-refractivity contribution in [3.63, 3.8) is 0 Å². The molecule has 1 saturated heterocycles. The minimum atomic E-state index is -0.302. The Hall–Kier alpha value is -0.570. The fourth-order valence-corrected chi connectivity index (χ4v) is 2.20. The molecule has 1 aliphatic rings. The first-order chi connectivity index (χ1) is 7.13. The highest BCUT2D eigenvalue weighted by molar-refractivity contribution is 5.76. The lowest BCUT2D eigenvalue weighted by Crippen LogP contribution is -2.42. The minimum Gasteiger partial charge on any atom is -0.391 e. The summed E-state index contributed by atoms with van der Waals surface area (Å²) in [5.74, 6) is 0.691. The van der Waals surface area contributed by atoms with Crippen molar-refractivity contribution in [3.8, 4) is 0 Å². The molecule has 1 fully saturated rings. The summed E-state index contributed by atoms with van der Waals surface area (Å²) < 4.78 is 0. The lowest BCUT2D eigenvalue weighted by Gasteiger charge is -2.30. The fourth-order valence-electron chi connectivity index (χ4n) is 2.20. The quantitative estimate of drug-likeness (QED) is 0.773. The van der Waals surface area contributed by atoms with Crippen LogP contribution in [0.2, 0.25) is 0 Å². The molecular formula is C12H23NO2. The van der Waals surface area contributed by atoms with E-state index in [0.29, 0.717) is 18.9 Å². The molecule has 0 saturated carbocycles. The van der Waals surface area contributed by atoms with Crippen LogP contribution in [0.4, 0.5) is 0 Å². The maximum absolute atomic E-state index is 11.8. The molecule has 2 unspecified atom stereocenters. The maximum Gasteiger partial charge on any atom is 0.222 e. The van der Waals surface area contributed by atoms with Crippen molar-refractivity contribution in [3.05, 3.63) is 0 Å². The summed E-state index contributed by atoms with van der Waals surface area (Å²) >= 11 is 0. The van der Waals surface area contributed by atoms with Gasteiger partial charge in [0.05, 0.1) is 6.10 Å². The standard InChI is InChI=1S/C12H23NO2/c1-3-5-10(2)8-12(15)13-7-4-6-11(14)9-13/h10-11,14H,3-9H2,1-2H3. The zero-order chi connectivity index (χ0) is 11.3. The summed E-state index contributed by atoms with van der Waals surface area (Å²) in [6.07, 6.45) is 4.37. The van der Waals surface area contributed by atoms with E-state index in [4.69, 9.17) is 0 Å². The van der Waals surface area contributed by atoms with Gasteiger partial charge in [-0.05, 0) is 18.8 Å². The summed E-state index contributed by atoms with van der Waals surface area (Å²) in [5.41, 5.74) is 0. The Labute approximate surface area is 92.5 Å². The number of carbonyl (C=O) groups is 1. The molecule has 3 nitrogen and oxygen atoms in total. The SMILES string of the molecule is CCCC(C)CC(=O)N1CCCC(O)C1. The number of hydrogen-bond acceptors (Lipinski definition) is 2. The number of β-amino-alcohol motifs (C(OH)–C–C–N with tert-alkyl or cyclic N) is 1. The smallest absolute Gasteiger partial charge is 0.222 e. The van der Waals surface area contributed by atoms with Crippen LogP contribution in [0.5, 0.6) is 0 Å². The van der Waals surface area contributed by atoms with Gasteiger partial charge in [0.25, 0.3) is 0 Å². The average molecular weight is 213 g/mol. The molecule has 1 aliphatic heterocycles. The average Bonchev–Trinajstić information content (AvgIpc) is 2.18. The Morgan fingerprint density at radius 3 is 2.93 bits per heavy atom. The first-order valence-electron chi connectivity index (χ1n) is 6.09. The Balaban J connectivity index is 2.32. The first-order valence-corrected chi connectivity index (χ1v) is 6.09. The molecule has 2 atom stereocenters. The highest BCUT2D eigenvalue weighted by Crippen LogP contribution is 2.15. The Morgan fingerprint density at radius 2 is 2.33 bits per heavy atom. The van der Waals surface area contributed by atoms with Crippen molar-refractivity contribution in [1.29, 1.82) is 0 Å². The molecule has 0 aromatic heterocycles. The molecule has 88 valence electrons. The van der Waals surface area contributed by atoms with Crippen LogP contribution in [0.15, 0.2) is 0 Å². The second-order valence-electron chi connectivity index (χ2n) is 4.73. The van der Waals surface area contributed by atoms with Gasteiger partial charge < -0.3 is 10.0 Å². The first kappa shape index (κ1) is 12.5. The van der Waals surface area contributed by atoms with E-state index in [9.17, 15) is 9.90 Å². The van der Waals surface area contributed by atoms with Gasteiger partial charge in [-0.1, -0.05) is 26.7 Å². The van der Waals surface area contributed by atoms with Gasteiger partial charge >= 0.3 is 0 Å². The number of hydrogen-bond donors (Lipinski definition) is 1. The summed E-state index contributed by atoms with van der Waals surface area (Å²) in [7, 11) is 0. The van der Waals surface area contributed by atoms with Gasteiger partial charge in [-0.25, -0.2) is 0 Å². The number of nitrogens with zero attached hydrogens (tertiary/aromatic N) is 1. The van der Waals surface area contributed by atoms with E-state index >= 15 is 0 Å². The third kappa shape index (κ3) is 4.20. The van der Waals surface area contributed by atoms with Crippen molar-refractivity contribution < 1.29 is 9.90 Å². The Kier molecular flexibility index (Phi) is 5.09. The van der Waals surface area contributed by atoms with Gasteiger partial charge in [-0.3, -0.25) is 4.79 Å². The van der Waals surface area contributed by atoms with Gasteiger partial charge in [-0.2, -0.15) is 0 Å². The summed E-state index contributed by atoms with van der Waals surface area (Å²) in [6.45, 7) is 5.64. The number of carbonyl (C=O) groups excluding carboxylic acids is 1. The highest BCUT2D eigenvalue weighted by Gasteiger charge is 2.22. The second-order valence-corrected chi connectivity index (χ2v) is 4.73. The van der Waals surface area contributed by atoms with Crippen LogP contribution in [0, 0.1) is 5.92 Å². The van der Waals surface area contributed by atoms with Crippen LogP contribution < -0.4 is 0 Å². The van der Waals surface area contributed by atoms with Gasteiger partial charge in [0.1, 0.15) is 0 Å². The van der Waals surface area contributed by atoms with E-state index in [1.165, 1.54) is 0 Å². The van der Waals surface area contributed by atoms with Crippen LogP contribution in [0.1, 0.15) is 46.0 Å². The zero-order valence-corrected chi connectivity index (χ0v) is 9.91. The summed E-state index contributed by atoms with van der Waals surface area (Å²) in [6, 6.07) is 0. The number of aliphatic hydroxyl groups is 1. The normalized spacial score (nSPS) is 23.9. The molecule has 0 bridgehead atoms. The number of likely N-dealkylation sites (tertiary alicyclic amines) is 1. The molecule has 0 radical (unpaired) electrons. The minimum absolute atomic E-state index is 0.217. The number of amides is 1. The fraction of sp³-hybridized carbons (Fsp3) is 0.917. The molecule has 0 aromatic carbocycles. The van der Waals surface area contributed by atoms with Gasteiger partial charge in [0.15, 0.2) is 0 Å². The largest absolute Gasteiger partial charge is 0.391 e. The molecule has 1 rings (SSSR count). The molecule has 15 heavy (non-hydrogen) atoms. The van der Waals surface area contributed by atoms with Crippen molar-refractivity contribution in [1.82, 2.24) is 4.90 Å². The topological polar surface area (TPSA) is 40.5 Å². The second kappa shape index (κ2) is 6.11. The van der Waals surface area contributed by atoms with Gasteiger partial charge in [-0.15, -0.1) is 0 Å². The number of piperidine rings is 1. The molecule has 1 N–H and O–H groups in total. The maximum atomic E-state index is 11.8. The number of rotatable bonds is 4. The van der Waals surface area contributed by atoms with E-state index in [-0.39, 0.29) is 12.0 Å². The molecule has 0 spiro atoms. The van der Waals surface area contributed by atoms with Crippen molar-refractivity contribution in [2.45, 2.75) is 52.1 Å². The lowest BCUT2D eigenvalue weighted by atomic mass is 10.0. The summed E-state index contributed by atoms with van der Waals surface area (Å²) in [4.78, 5) is 13.7. The van der Waals surface area contributed by atoms with E-state index < -0.39 is 0 Å². The predicted molar refractivity (Wildman–Crippen MR) is 60.5 cm³/mol. The van der Waals surface area contributed by atoms with Gasteiger partial charge in [0, 0.05) is 19.5 Å². The lowest BCUT2D eigenvalue weighted by molar-refractivity contribution is -0.135. The van der Waals surface area contributed by atoms with E-state index in [2.05, 4.69) is 13.8 Å². The molecule has 1 amide bonds. The Bertz CT molecular complexity index is 206. The molecule has 1 heterocycles. The van der Waals surface area contributed by atoms with Crippen molar-refractivity contribution >= 4 is 5.91 Å². The molecular weight excluding hydrogens is 190 g/mol. The van der Waals surface area contributed by atoms with Crippen LogP contribution in [-0.4, -0.2) is 35.1 Å². The van der Waals surface area contributed by atoms with Crippen LogP contribution in [-0.2, 0) is 4.79 Å². The van der Waals surface area contributed by atoms with Crippen molar-refractivity contribution in [2.75, 3.05) is 13.1 Å². The Morgan fingerprint density at radius 1 is 1.60 bits per heavy atom. The monoisotopic (exact) mass is 213 g/mol. The summed E-state index contributed by atoms with van der Waals surface area (Å²) in [5, 5.41) is 9.47. The predicted octanol–water partition coefficient (Wildman–Crippen LogP) is 1.80. The molecule has 0 aliphatic carbocycles. The van der Waals surface area contributed by atoms with Gasteiger partial charge in [0.2, 0.25) is 5.91 Å². The van der Waals surface area contributed by atoms with E-state index in [1.807, 2.05) is 4.90 Å². The van der Waals surface area contributed by atoms with E-state index in [1.54, 1.807) is 0 Å². The van der Waals surface area contributed by atoms with E-state index in [0.717, 1.165) is 32.2 Å². The van der Waals surface area contributed by atoms with Crippen molar-refractivity contribution in [2.24, 2.45) is 5.92 Å². The third-order valence-corrected chi connectivity index (χ3v) is 3.05. The third-order valence-electron chi connectivity index (χ3n) is 3.05. The van der Waals surface area contributed by atoms with Crippen LogP contribution in [0.3, 0.4) is 0 Å². The van der Waals surface area contributed by atoms with Crippen LogP contribution in [0.25, 0.3) is 0 Å².